The minimum absolute atomic E-state index is 0.0440. The van der Waals surface area contributed by atoms with Gasteiger partial charge < -0.3 is 9.84 Å². The summed E-state index contributed by atoms with van der Waals surface area (Å²) in [4.78, 5) is 47.2. The highest BCUT2D eigenvalue weighted by Gasteiger charge is 2.34. The van der Waals surface area contributed by atoms with E-state index in [1.807, 2.05) is 0 Å². The van der Waals surface area contributed by atoms with Crippen LogP contribution in [0.5, 0.6) is 5.75 Å². The third-order valence-electron chi connectivity index (χ3n) is 4.43. The van der Waals surface area contributed by atoms with Crippen LogP contribution in [0.25, 0.3) is 6.08 Å². The van der Waals surface area contributed by atoms with E-state index in [0.717, 1.165) is 16.8 Å². The first-order chi connectivity index (χ1) is 15.7. The van der Waals surface area contributed by atoms with Crippen molar-refractivity contribution in [3.63, 3.8) is 0 Å². The van der Waals surface area contributed by atoms with Crippen LogP contribution in [-0.4, -0.2) is 43.2 Å². The van der Waals surface area contributed by atoms with Crippen LogP contribution >= 0.6 is 24.0 Å². The Morgan fingerprint density at radius 2 is 2.03 bits per heavy atom. The molecule has 12 heteroatoms. The number of nitro benzene ring substituents is 1. The van der Waals surface area contributed by atoms with Gasteiger partial charge >= 0.3 is 5.97 Å². The van der Waals surface area contributed by atoms with Crippen molar-refractivity contribution in [1.82, 2.24) is 10.4 Å². The van der Waals surface area contributed by atoms with Crippen LogP contribution in [0.4, 0.5) is 5.69 Å². The maximum Gasteiger partial charge on any atom is 0.344 e. The molecule has 2 amide bonds. The number of benzene rings is 2. The Morgan fingerprint density at radius 3 is 2.70 bits per heavy atom. The molecule has 1 aliphatic heterocycles. The molecule has 1 unspecified atom stereocenters. The van der Waals surface area contributed by atoms with Crippen LogP contribution < -0.4 is 10.2 Å². The number of nitro groups is 1. The highest BCUT2D eigenvalue weighted by atomic mass is 32.2. The molecule has 0 aromatic heterocycles. The van der Waals surface area contributed by atoms with Crippen molar-refractivity contribution in [3.05, 3.63) is 74.7 Å². The Labute approximate surface area is 197 Å². The van der Waals surface area contributed by atoms with Gasteiger partial charge in [0.1, 0.15) is 11.3 Å². The second-order valence-corrected chi connectivity index (χ2v) is 8.33. The number of nitrogens with zero attached hydrogens (tertiary/aromatic N) is 2. The van der Waals surface area contributed by atoms with Crippen LogP contribution in [0.15, 0.2) is 53.4 Å². The van der Waals surface area contributed by atoms with E-state index in [1.165, 1.54) is 30.3 Å². The zero-order chi connectivity index (χ0) is 24.1. The van der Waals surface area contributed by atoms with Gasteiger partial charge in [-0.1, -0.05) is 43.0 Å². The van der Waals surface area contributed by atoms with Gasteiger partial charge in [0.2, 0.25) is 0 Å². The minimum Gasteiger partial charge on any atom is -0.479 e. The molecule has 2 aromatic rings. The van der Waals surface area contributed by atoms with Crippen molar-refractivity contribution in [2.24, 2.45) is 0 Å². The number of para-hydroxylation sites is 1. The van der Waals surface area contributed by atoms with E-state index in [4.69, 9.17) is 22.1 Å². The number of carboxylic acids is 1. The van der Waals surface area contributed by atoms with E-state index in [9.17, 15) is 24.5 Å². The van der Waals surface area contributed by atoms with Gasteiger partial charge in [-0.25, -0.2) is 4.79 Å². The standard InChI is InChI=1S/C21H17N3O7S2/c1-2-16(20(27)28)31-13-7-5-6-12(10-13)11-17-19(26)23(21(32)33-17)22-18(25)14-8-3-4-9-15(14)24(29)30/h3-11,16H,2H2,1H3,(H,22,25)(H,27,28)/b17-11+. The average Bonchev–Trinajstić information content (AvgIpc) is 3.04. The largest absolute Gasteiger partial charge is 0.479 e. The molecule has 2 N–H and O–H groups in total. The lowest BCUT2D eigenvalue weighted by molar-refractivity contribution is -0.385. The van der Waals surface area contributed by atoms with Gasteiger partial charge in [-0.05, 0) is 48.5 Å². The van der Waals surface area contributed by atoms with Gasteiger partial charge in [0, 0.05) is 6.07 Å². The third kappa shape index (κ3) is 5.54. The van der Waals surface area contributed by atoms with Crippen LogP contribution in [0.1, 0.15) is 29.3 Å². The van der Waals surface area contributed by atoms with Crippen LogP contribution in [0, 0.1) is 10.1 Å². The van der Waals surface area contributed by atoms with Gasteiger partial charge in [0.25, 0.3) is 17.5 Å². The van der Waals surface area contributed by atoms with E-state index in [-0.39, 0.29) is 21.2 Å². The first kappa shape index (κ1) is 23.9. The molecule has 170 valence electrons. The number of thioether (sulfide) groups is 1. The summed E-state index contributed by atoms with van der Waals surface area (Å²) < 4.78 is 5.51. The number of hydrogen-bond acceptors (Lipinski definition) is 8. The number of carbonyl (C=O) groups excluding carboxylic acids is 2. The molecule has 0 spiro atoms. The summed E-state index contributed by atoms with van der Waals surface area (Å²) in [6, 6.07) is 11.8. The molecular weight excluding hydrogens is 470 g/mol. The van der Waals surface area contributed by atoms with Crippen LogP contribution in [0.3, 0.4) is 0 Å². The lowest BCUT2D eigenvalue weighted by atomic mass is 10.2. The zero-order valence-electron chi connectivity index (χ0n) is 17.1. The number of aliphatic carboxylic acids is 1. The normalized spacial score (nSPS) is 15.4. The lowest BCUT2D eigenvalue weighted by Crippen LogP contribution is -2.45. The average molecular weight is 488 g/mol. The number of thiocarbonyl (C=S) groups is 1. The molecule has 1 heterocycles. The smallest absolute Gasteiger partial charge is 0.344 e. The number of carboxylic acid groups (broad SMARTS) is 1. The minimum atomic E-state index is -1.09. The predicted molar refractivity (Wildman–Crippen MR) is 124 cm³/mol. The second-order valence-electron chi connectivity index (χ2n) is 6.66. The number of nitrogens with one attached hydrogen (secondary N) is 1. The maximum absolute atomic E-state index is 12.8. The van der Waals surface area contributed by atoms with Crippen molar-refractivity contribution in [3.8, 4) is 5.75 Å². The summed E-state index contributed by atoms with van der Waals surface area (Å²) in [6.45, 7) is 1.69. The number of ether oxygens (including phenoxy) is 1. The number of rotatable bonds is 8. The Morgan fingerprint density at radius 1 is 1.30 bits per heavy atom. The molecule has 0 radical (unpaired) electrons. The second kappa shape index (κ2) is 10.2. The van der Waals surface area contributed by atoms with Crippen LogP contribution in [-0.2, 0) is 9.59 Å². The summed E-state index contributed by atoms with van der Waals surface area (Å²) in [7, 11) is 0. The Hall–Kier alpha value is -3.77. The van der Waals surface area contributed by atoms with E-state index in [1.54, 1.807) is 31.2 Å². The van der Waals surface area contributed by atoms with Crippen LogP contribution in [0.2, 0.25) is 0 Å². The Balaban J connectivity index is 1.78. The molecule has 1 fully saturated rings. The molecule has 1 saturated heterocycles. The van der Waals surface area contributed by atoms with Gasteiger partial charge in [-0.3, -0.25) is 25.1 Å². The molecule has 1 atom stereocenters. The van der Waals surface area contributed by atoms with Gasteiger partial charge in [-0.2, -0.15) is 5.01 Å². The summed E-state index contributed by atoms with van der Waals surface area (Å²) in [6.07, 6.45) is 0.790. The quantitative estimate of drug-likeness (QED) is 0.248. The van der Waals surface area contributed by atoms with E-state index >= 15 is 0 Å². The van der Waals surface area contributed by atoms with Crippen molar-refractivity contribution >= 4 is 57.8 Å². The highest BCUT2D eigenvalue weighted by Crippen LogP contribution is 2.32. The SMILES string of the molecule is CCC(Oc1cccc(/C=C2/SC(=S)N(NC(=O)c3ccccc3[N+](=O)[O-])C2=O)c1)C(=O)O. The van der Waals surface area contributed by atoms with Crippen molar-refractivity contribution < 1.29 is 29.2 Å². The number of amides is 2. The van der Waals surface area contributed by atoms with Gasteiger partial charge in [0.15, 0.2) is 10.4 Å². The fourth-order valence-corrected chi connectivity index (χ4v) is 4.03. The van der Waals surface area contributed by atoms with Gasteiger partial charge in [0.05, 0.1) is 9.83 Å². The van der Waals surface area contributed by atoms with Gasteiger partial charge in [-0.15, -0.1) is 0 Å². The van der Waals surface area contributed by atoms with Crippen molar-refractivity contribution in [1.29, 1.82) is 0 Å². The molecule has 0 aliphatic carbocycles. The molecule has 33 heavy (non-hydrogen) atoms. The monoisotopic (exact) mass is 487 g/mol. The Kier molecular flexibility index (Phi) is 7.41. The summed E-state index contributed by atoms with van der Waals surface area (Å²) >= 11 is 6.12. The molecule has 0 saturated carbocycles. The van der Waals surface area contributed by atoms with E-state index < -0.39 is 34.5 Å². The first-order valence-corrected chi connectivity index (χ1v) is 10.8. The highest BCUT2D eigenvalue weighted by molar-refractivity contribution is 8.26. The number of hydrogen-bond donors (Lipinski definition) is 2. The Bertz CT molecular complexity index is 1180. The number of hydrazine groups is 1. The maximum atomic E-state index is 12.8. The topological polar surface area (TPSA) is 139 Å². The first-order valence-electron chi connectivity index (χ1n) is 9.53. The van der Waals surface area contributed by atoms with Crippen molar-refractivity contribution in [2.75, 3.05) is 0 Å². The molecular formula is C21H17N3O7S2. The third-order valence-corrected chi connectivity index (χ3v) is 5.74. The molecule has 3 rings (SSSR count). The lowest BCUT2D eigenvalue weighted by Gasteiger charge is -2.15. The fraction of sp³-hybridized carbons (Fsp3) is 0.143. The predicted octanol–water partition coefficient (Wildman–Crippen LogP) is 3.38. The molecule has 1 aliphatic rings. The van der Waals surface area contributed by atoms with Crippen molar-refractivity contribution in [2.45, 2.75) is 19.4 Å². The van der Waals surface area contributed by atoms with E-state index in [0.29, 0.717) is 11.3 Å². The zero-order valence-corrected chi connectivity index (χ0v) is 18.7. The summed E-state index contributed by atoms with van der Waals surface area (Å²) in [5, 5.41) is 21.2. The molecule has 10 nitrogen and oxygen atoms in total. The summed E-state index contributed by atoms with van der Waals surface area (Å²) in [5.74, 6) is -2.23. The van der Waals surface area contributed by atoms with E-state index in [2.05, 4.69) is 5.43 Å². The molecule has 0 bridgehead atoms. The fourth-order valence-electron chi connectivity index (χ4n) is 2.85. The molecule has 2 aromatic carbocycles. The summed E-state index contributed by atoms with van der Waals surface area (Å²) in [5.41, 5.74) is 2.25. The number of carbonyl (C=O) groups is 3.